The zero-order valence-electron chi connectivity index (χ0n) is 9.01. The van der Waals surface area contributed by atoms with E-state index in [2.05, 4.69) is 31.9 Å². The molecular weight excluding hydrogens is 341 g/mol. The minimum absolute atomic E-state index is 0.0237. The van der Waals surface area contributed by atoms with Crippen molar-refractivity contribution in [3.63, 3.8) is 0 Å². The standard InChI is InChI=1S/C11H12Br2FNO/c1-7(6-12)15(2)11(16)9-4-3-8(13)5-10(9)14/h3-5,7H,6H2,1-2H3. The van der Waals surface area contributed by atoms with Crippen LogP contribution in [0.4, 0.5) is 4.39 Å². The number of amides is 1. The van der Waals surface area contributed by atoms with Crippen LogP contribution in [0, 0.1) is 5.82 Å². The summed E-state index contributed by atoms with van der Waals surface area (Å²) in [6.45, 7) is 1.89. The summed E-state index contributed by atoms with van der Waals surface area (Å²) in [6.07, 6.45) is 0. The van der Waals surface area contributed by atoms with Crippen molar-refractivity contribution in [3.8, 4) is 0 Å². The number of rotatable bonds is 3. The molecule has 5 heteroatoms. The van der Waals surface area contributed by atoms with E-state index in [9.17, 15) is 9.18 Å². The van der Waals surface area contributed by atoms with Crippen LogP contribution in [0.25, 0.3) is 0 Å². The molecule has 0 saturated carbocycles. The third kappa shape index (κ3) is 3.04. The van der Waals surface area contributed by atoms with Gasteiger partial charge in [0.1, 0.15) is 5.82 Å². The molecule has 2 nitrogen and oxygen atoms in total. The minimum Gasteiger partial charge on any atom is -0.338 e. The molecule has 1 atom stereocenters. The molecule has 1 aromatic carbocycles. The van der Waals surface area contributed by atoms with E-state index >= 15 is 0 Å². The van der Waals surface area contributed by atoms with Gasteiger partial charge in [-0.3, -0.25) is 4.79 Å². The molecule has 0 bridgehead atoms. The Morgan fingerprint density at radius 3 is 2.69 bits per heavy atom. The molecule has 0 fully saturated rings. The molecule has 0 heterocycles. The van der Waals surface area contributed by atoms with Crippen LogP contribution < -0.4 is 0 Å². The largest absolute Gasteiger partial charge is 0.338 e. The van der Waals surface area contributed by atoms with Crippen LogP contribution in [0.2, 0.25) is 0 Å². The van der Waals surface area contributed by atoms with E-state index in [-0.39, 0.29) is 17.5 Å². The summed E-state index contributed by atoms with van der Waals surface area (Å²) in [5, 5.41) is 0.660. The normalized spacial score (nSPS) is 12.3. The lowest BCUT2D eigenvalue weighted by molar-refractivity contribution is 0.0753. The van der Waals surface area contributed by atoms with Gasteiger partial charge in [0.2, 0.25) is 0 Å². The fraction of sp³-hybridized carbons (Fsp3) is 0.364. The lowest BCUT2D eigenvalue weighted by Crippen LogP contribution is -2.36. The monoisotopic (exact) mass is 351 g/mol. The first-order valence-corrected chi connectivity index (χ1v) is 6.67. The van der Waals surface area contributed by atoms with Crippen LogP contribution in [0.15, 0.2) is 22.7 Å². The zero-order valence-corrected chi connectivity index (χ0v) is 12.2. The Kier molecular flexibility index (Phi) is 4.92. The average Bonchev–Trinajstić information content (AvgIpc) is 2.26. The SMILES string of the molecule is CC(CBr)N(C)C(=O)c1ccc(Br)cc1F. The fourth-order valence-corrected chi connectivity index (χ4v) is 1.92. The summed E-state index contributed by atoms with van der Waals surface area (Å²) in [5.41, 5.74) is 0.0958. The summed E-state index contributed by atoms with van der Waals surface area (Å²) in [4.78, 5) is 13.4. The van der Waals surface area contributed by atoms with Gasteiger partial charge in [0, 0.05) is 22.9 Å². The Hall–Kier alpha value is -0.420. The molecule has 0 spiro atoms. The van der Waals surface area contributed by atoms with Gasteiger partial charge in [-0.25, -0.2) is 4.39 Å². The summed E-state index contributed by atoms with van der Waals surface area (Å²) in [7, 11) is 1.66. The van der Waals surface area contributed by atoms with Crippen LogP contribution in [-0.4, -0.2) is 29.2 Å². The topological polar surface area (TPSA) is 20.3 Å². The summed E-state index contributed by atoms with van der Waals surface area (Å²) < 4.78 is 14.2. The molecule has 0 aliphatic rings. The number of hydrogen-bond donors (Lipinski definition) is 0. The van der Waals surface area contributed by atoms with Gasteiger partial charge >= 0.3 is 0 Å². The highest BCUT2D eigenvalue weighted by Gasteiger charge is 2.19. The number of carbonyl (C=O) groups is 1. The lowest BCUT2D eigenvalue weighted by atomic mass is 10.1. The number of alkyl halides is 1. The lowest BCUT2D eigenvalue weighted by Gasteiger charge is -2.23. The maximum absolute atomic E-state index is 13.5. The molecule has 1 amide bonds. The molecule has 1 unspecified atom stereocenters. The highest BCUT2D eigenvalue weighted by molar-refractivity contribution is 9.10. The van der Waals surface area contributed by atoms with Gasteiger partial charge in [-0.15, -0.1) is 0 Å². The highest BCUT2D eigenvalue weighted by Crippen LogP contribution is 2.17. The third-order valence-corrected chi connectivity index (χ3v) is 3.80. The maximum atomic E-state index is 13.5. The first-order valence-electron chi connectivity index (χ1n) is 4.75. The highest BCUT2D eigenvalue weighted by atomic mass is 79.9. The summed E-state index contributed by atoms with van der Waals surface area (Å²) in [5.74, 6) is -0.815. The Balaban J connectivity index is 2.96. The van der Waals surface area contributed by atoms with E-state index in [4.69, 9.17) is 0 Å². The number of halogens is 3. The van der Waals surface area contributed by atoms with E-state index < -0.39 is 5.82 Å². The van der Waals surface area contributed by atoms with Crippen molar-refractivity contribution < 1.29 is 9.18 Å². The maximum Gasteiger partial charge on any atom is 0.256 e. The number of carbonyl (C=O) groups excluding carboxylic acids is 1. The summed E-state index contributed by atoms with van der Waals surface area (Å²) in [6, 6.07) is 4.46. The van der Waals surface area contributed by atoms with E-state index in [0.717, 1.165) is 0 Å². The second kappa shape index (κ2) is 5.77. The van der Waals surface area contributed by atoms with E-state index in [1.807, 2.05) is 6.92 Å². The van der Waals surface area contributed by atoms with Crippen molar-refractivity contribution >= 4 is 37.8 Å². The Bertz CT molecular complexity index is 398. The molecule has 1 aromatic rings. The van der Waals surface area contributed by atoms with Gasteiger partial charge in [-0.2, -0.15) is 0 Å². The van der Waals surface area contributed by atoms with Crippen LogP contribution >= 0.6 is 31.9 Å². The number of benzene rings is 1. The van der Waals surface area contributed by atoms with Gasteiger partial charge in [0.05, 0.1) is 5.56 Å². The van der Waals surface area contributed by atoms with Crippen molar-refractivity contribution in [3.05, 3.63) is 34.1 Å². The van der Waals surface area contributed by atoms with Gasteiger partial charge in [-0.1, -0.05) is 31.9 Å². The first-order chi connectivity index (χ1) is 7.47. The van der Waals surface area contributed by atoms with Crippen molar-refractivity contribution in [2.75, 3.05) is 12.4 Å². The Labute approximate surface area is 111 Å². The van der Waals surface area contributed by atoms with Crippen LogP contribution in [0.1, 0.15) is 17.3 Å². The van der Waals surface area contributed by atoms with Gasteiger partial charge in [0.25, 0.3) is 5.91 Å². The molecule has 0 radical (unpaired) electrons. The molecule has 0 saturated heterocycles. The predicted molar refractivity (Wildman–Crippen MR) is 69.4 cm³/mol. The van der Waals surface area contributed by atoms with Gasteiger partial charge in [0.15, 0.2) is 0 Å². The molecule has 16 heavy (non-hydrogen) atoms. The van der Waals surface area contributed by atoms with Crippen LogP contribution in [0.3, 0.4) is 0 Å². The number of hydrogen-bond acceptors (Lipinski definition) is 1. The third-order valence-electron chi connectivity index (χ3n) is 2.37. The molecule has 0 aromatic heterocycles. The van der Waals surface area contributed by atoms with Crippen molar-refractivity contribution in [2.24, 2.45) is 0 Å². The molecule has 1 rings (SSSR count). The summed E-state index contributed by atoms with van der Waals surface area (Å²) >= 11 is 6.44. The predicted octanol–water partition coefficient (Wildman–Crippen LogP) is 3.44. The van der Waals surface area contributed by atoms with Crippen LogP contribution in [-0.2, 0) is 0 Å². The van der Waals surface area contributed by atoms with Crippen molar-refractivity contribution in [1.29, 1.82) is 0 Å². The van der Waals surface area contributed by atoms with Crippen LogP contribution in [0.5, 0.6) is 0 Å². The fourth-order valence-electron chi connectivity index (χ4n) is 1.16. The first kappa shape index (κ1) is 13.6. The van der Waals surface area contributed by atoms with Crippen molar-refractivity contribution in [2.45, 2.75) is 13.0 Å². The van der Waals surface area contributed by atoms with E-state index in [1.54, 1.807) is 13.1 Å². The second-order valence-electron chi connectivity index (χ2n) is 3.54. The molecular formula is C11H12Br2FNO. The quantitative estimate of drug-likeness (QED) is 0.763. The van der Waals surface area contributed by atoms with E-state index in [0.29, 0.717) is 9.80 Å². The molecule has 0 aliphatic carbocycles. The molecule has 0 aliphatic heterocycles. The molecule has 0 N–H and O–H groups in total. The number of nitrogens with zero attached hydrogens (tertiary/aromatic N) is 1. The van der Waals surface area contributed by atoms with Gasteiger partial charge < -0.3 is 4.90 Å². The smallest absolute Gasteiger partial charge is 0.256 e. The molecule has 88 valence electrons. The minimum atomic E-state index is -0.506. The zero-order chi connectivity index (χ0) is 12.3. The average molecular weight is 353 g/mol. The van der Waals surface area contributed by atoms with Crippen molar-refractivity contribution in [1.82, 2.24) is 4.90 Å². The van der Waals surface area contributed by atoms with Gasteiger partial charge in [-0.05, 0) is 25.1 Å². The second-order valence-corrected chi connectivity index (χ2v) is 5.11. The Morgan fingerprint density at radius 2 is 2.19 bits per heavy atom. The van der Waals surface area contributed by atoms with E-state index in [1.165, 1.54) is 17.0 Å². The Morgan fingerprint density at radius 1 is 1.56 bits per heavy atom.